The first-order chi connectivity index (χ1) is 9.62. The number of carbonyl (C=O) groups excluding carboxylic acids is 1. The van der Waals surface area contributed by atoms with E-state index < -0.39 is 0 Å². The van der Waals surface area contributed by atoms with E-state index in [0.717, 1.165) is 16.8 Å². The maximum absolute atomic E-state index is 11.1. The van der Waals surface area contributed by atoms with Gasteiger partial charge in [-0.25, -0.2) is 0 Å². The molecule has 1 radical (unpaired) electrons. The second-order valence-electron chi connectivity index (χ2n) is 4.27. The van der Waals surface area contributed by atoms with Crippen LogP contribution >= 0.6 is 0 Å². The molecule has 0 fully saturated rings. The van der Waals surface area contributed by atoms with Crippen molar-refractivity contribution in [3.05, 3.63) is 42.5 Å². The van der Waals surface area contributed by atoms with Crippen molar-refractivity contribution < 1.29 is 14.3 Å². The quantitative estimate of drug-likeness (QED) is 0.928. The lowest BCUT2D eigenvalue weighted by Crippen LogP contribution is -2.05. The fourth-order valence-corrected chi connectivity index (χ4v) is 1.88. The topological polar surface area (TPSA) is 47.6 Å². The summed E-state index contributed by atoms with van der Waals surface area (Å²) in [7, 11) is 3.21. The van der Waals surface area contributed by atoms with E-state index >= 15 is 0 Å². The summed E-state index contributed by atoms with van der Waals surface area (Å²) in [6.07, 6.45) is 0. The predicted molar refractivity (Wildman–Crippen MR) is 78.1 cm³/mol. The lowest BCUT2D eigenvalue weighted by atomic mass is 10.0. The number of anilines is 1. The largest absolute Gasteiger partial charge is 0.497 e. The van der Waals surface area contributed by atoms with Crippen molar-refractivity contribution in [1.29, 1.82) is 0 Å². The number of nitrogens with one attached hydrogen (secondary N) is 1. The van der Waals surface area contributed by atoms with Crippen molar-refractivity contribution in [2.75, 3.05) is 19.5 Å². The Hall–Kier alpha value is -2.49. The third-order valence-electron chi connectivity index (χ3n) is 2.78. The summed E-state index contributed by atoms with van der Waals surface area (Å²) in [4.78, 5) is 11.1. The van der Waals surface area contributed by atoms with Crippen LogP contribution in [-0.2, 0) is 4.79 Å². The van der Waals surface area contributed by atoms with Crippen LogP contribution in [0.5, 0.6) is 11.5 Å². The molecule has 2 rings (SSSR count). The molecular weight excluding hydrogens is 254 g/mol. The molecule has 1 N–H and O–H groups in total. The summed E-state index contributed by atoms with van der Waals surface area (Å²) in [5, 5.41) is 2.75. The molecular formula is C16H16NO3. The Kier molecular flexibility index (Phi) is 4.25. The first-order valence-corrected chi connectivity index (χ1v) is 6.15. The van der Waals surface area contributed by atoms with Gasteiger partial charge in [-0.15, -0.1) is 0 Å². The molecule has 20 heavy (non-hydrogen) atoms. The van der Waals surface area contributed by atoms with Crippen LogP contribution < -0.4 is 14.8 Å². The van der Waals surface area contributed by atoms with Crippen LogP contribution in [0, 0.1) is 6.07 Å². The number of hydrogen-bond acceptors (Lipinski definition) is 3. The zero-order valence-corrected chi connectivity index (χ0v) is 11.7. The van der Waals surface area contributed by atoms with Crippen molar-refractivity contribution in [3.8, 4) is 22.6 Å². The normalized spacial score (nSPS) is 9.95. The molecule has 4 nitrogen and oxygen atoms in total. The molecule has 0 unspecified atom stereocenters. The molecule has 103 valence electrons. The monoisotopic (exact) mass is 270 g/mol. The van der Waals surface area contributed by atoms with Gasteiger partial charge in [-0.1, -0.05) is 6.07 Å². The fourth-order valence-electron chi connectivity index (χ4n) is 1.88. The van der Waals surface area contributed by atoms with E-state index in [1.807, 2.05) is 18.2 Å². The van der Waals surface area contributed by atoms with Crippen LogP contribution in [0.15, 0.2) is 36.4 Å². The first-order valence-electron chi connectivity index (χ1n) is 6.15. The van der Waals surface area contributed by atoms with Gasteiger partial charge in [0.1, 0.15) is 11.5 Å². The van der Waals surface area contributed by atoms with Gasteiger partial charge in [0.05, 0.1) is 14.2 Å². The van der Waals surface area contributed by atoms with Crippen molar-refractivity contribution in [2.24, 2.45) is 0 Å². The minimum Gasteiger partial charge on any atom is -0.497 e. The molecule has 4 heteroatoms. The van der Waals surface area contributed by atoms with Crippen LogP contribution in [0.1, 0.15) is 6.92 Å². The molecule has 0 spiro atoms. The van der Waals surface area contributed by atoms with E-state index in [2.05, 4.69) is 11.4 Å². The van der Waals surface area contributed by atoms with E-state index in [-0.39, 0.29) is 5.91 Å². The van der Waals surface area contributed by atoms with Gasteiger partial charge in [0.15, 0.2) is 0 Å². The second-order valence-corrected chi connectivity index (χ2v) is 4.27. The summed E-state index contributed by atoms with van der Waals surface area (Å²) in [6, 6.07) is 14.2. The van der Waals surface area contributed by atoms with Gasteiger partial charge in [0.2, 0.25) is 5.91 Å². The van der Waals surface area contributed by atoms with Crippen LogP contribution in [0.25, 0.3) is 11.1 Å². The predicted octanol–water partition coefficient (Wildman–Crippen LogP) is 3.13. The number of rotatable bonds is 4. The molecule has 2 aromatic carbocycles. The minimum absolute atomic E-state index is 0.106. The molecule has 0 aliphatic heterocycles. The van der Waals surface area contributed by atoms with Crippen LogP contribution in [0.2, 0.25) is 0 Å². The average molecular weight is 270 g/mol. The highest BCUT2D eigenvalue weighted by molar-refractivity contribution is 5.89. The molecule has 0 saturated heterocycles. The van der Waals surface area contributed by atoms with Crippen molar-refractivity contribution in [1.82, 2.24) is 0 Å². The van der Waals surface area contributed by atoms with Crippen molar-refractivity contribution >= 4 is 11.6 Å². The molecule has 0 heterocycles. The molecule has 0 aliphatic rings. The van der Waals surface area contributed by atoms with Crippen LogP contribution in [0.3, 0.4) is 0 Å². The third kappa shape index (κ3) is 3.29. The Bertz CT molecular complexity index is 601. The molecule has 0 aliphatic carbocycles. The first kappa shape index (κ1) is 13.9. The minimum atomic E-state index is -0.106. The smallest absolute Gasteiger partial charge is 0.221 e. The van der Waals surface area contributed by atoms with Gasteiger partial charge in [0, 0.05) is 18.7 Å². The Morgan fingerprint density at radius 2 is 1.75 bits per heavy atom. The molecule has 0 aromatic heterocycles. The highest BCUT2D eigenvalue weighted by Gasteiger charge is 2.06. The average Bonchev–Trinajstić information content (AvgIpc) is 2.46. The summed E-state index contributed by atoms with van der Waals surface area (Å²) >= 11 is 0. The summed E-state index contributed by atoms with van der Waals surface area (Å²) in [5.41, 5.74) is 2.50. The number of hydrogen-bond donors (Lipinski definition) is 1. The molecule has 0 saturated carbocycles. The molecule has 0 bridgehead atoms. The Labute approximate surface area is 118 Å². The lowest BCUT2D eigenvalue weighted by molar-refractivity contribution is -0.114. The van der Waals surface area contributed by atoms with Gasteiger partial charge < -0.3 is 14.8 Å². The maximum Gasteiger partial charge on any atom is 0.221 e. The number of carbonyl (C=O) groups is 1. The third-order valence-corrected chi connectivity index (χ3v) is 2.78. The summed E-state index contributed by atoms with van der Waals surface area (Å²) in [6.45, 7) is 1.48. The fraction of sp³-hybridized carbons (Fsp3) is 0.188. The van der Waals surface area contributed by atoms with Gasteiger partial charge in [-0.05, 0) is 41.5 Å². The number of ether oxygens (including phenoxy) is 2. The Morgan fingerprint density at radius 3 is 2.30 bits per heavy atom. The van der Waals surface area contributed by atoms with E-state index in [4.69, 9.17) is 9.47 Å². The zero-order chi connectivity index (χ0) is 14.5. The molecule has 0 atom stereocenters. The summed E-state index contributed by atoms with van der Waals surface area (Å²) in [5.74, 6) is 1.31. The lowest BCUT2D eigenvalue weighted by Gasteiger charge is -2.10. The SMILES string of the molecule is COc1cc(OC)cc(-c2[c]ccc(NC(C)=O)c2)c1. The van der Waals surface area contributed by atoms with Gasteiger partial charge in [-0.2, -0.15) is 0 Å². The molecule has 1 amide bonds. The van der Waals surface area contributed by atoms with Crippen molar-refractivity contribution in [3.63, 3.8) is 0 Å². The number of benzene rings is 2. The Balaban J connectivity index is 2.42. The molecule has 2 aromatic rings. The number of amides is 1. The maximum atomic E-state index is 11.1. The van der Waals surface area contributed by atoms with Gasteiger partial charge in [0.25, 0.3) is 0 Å². The van der Waals surface area contributed by atoms with Gasteiger partial charge >= 0.3 is 0 Å². The Morgan fingerprint density at radius 1 is 1.10 bits per heavy atom. The van der Waals surface area contributed by atoms with E-state index in [1.165, 1.54) is 6.92 Å². The standard InChI is InChI=1S/C16H16NO3/c1-11(18)17-14-6-4-5-12(7-14)13-8-15(19-2)10-16(9-13)20-3/h4,6-10H,1-3H3,(H,17,18). The highest BCUT2D eigenvalue weighted by atomic mass is 16.5. The van der Waals surface area contributed by atoms with Crippen LogP contribution in [0.4, 0.5) is 5.69 Å². The highest BCUT2D eigenvalue weighted by Crippen LogP contribution is 2.30. The van der Waals surface area contributed by atoms with E-state index in [0.29, 0.717) is 11.5 Å². The van der Waals surface area contributed by atoms with Crippen molar-refractivity contribution in [2.45, 2.75) is 6.92 Å². The zero-order valence-electron chi connectivity index (χ0n) is 11.7. The van der Waals surface area contributed by atoms with E-state index in [9.17, 15) is 4.79 Å². The number of methoxy groups -OCH3 is 2. The van der Waals surface area contributed by atoms with Crippen LogP contribution in [-0.4, -0.2) is 20.1 Å². The second kappa shape index (κ2) is 6.10. The summed E-state index contributed by atoms with van der Waals surface area (Å²) < 4.78 is 10.5. The van der Waals surface area contributed by atoms with Gasteiger partial charge in [-0.3, -0.25) is 4.79 Å². The van der Waals surface area contributed by atoms with E-state index in [1.54, 1.807) is 32.4 Å².